The van der Waals surface area contributed by atoms with E-state index in [4.69, 9.17) is 4.74 Å². The zero-order valence-corrected chi connectivity index (χ0v) is 9.39. The highest BCUT2D eigenvalue weighted by Crippen LogP contribution is 2.26. The second kappa shape index (κ2) is 3.66. The number of methoxy groups -OCH3 is 1. The molecule has 1 N–H and O–H groups in total. The standard InChI is InChI=1S/C10H7BrFNO2/c1-15-8-4-5-7(13-10(8)14)3-2-6(12)9(5)11/h2-4H,1H3,(H,13,14). The smallest absolute Gasteiger partial charge is 0.290 e. The molecule has 0 aliphatic heterocycles. The highest BCUT2D eigenvalue weighted by atomic mass is 79.9. The fraction of sp³-hybridized carbons (Fsp3) is 0.100. The van der Waals surface area contributed by atoms with Gasteiger partial charge >= 0.3 is 0 Å². The van der Waals surface area contributed by atoms with Crippen LogP contribution in [-0.4, -0.2) is 12.1 Å². The van der Waals surface area contributed by atoms with Crippen LogP contribution in [-0.2, 0) is 0 Å². The summed E-state index contributed by atoms with van der Waals surface area (Å²) in [5.74, 6) is -0.217. The van der Waals surface area contributed by atoms with Gasteiger partial charge in [0.2, 0.25) is 0 Å². The van der Waals surface area contributed by atoms with Crippen molar-refractivity contribution in [2.45, 2.75) is 0 Å². The van der Waals surface area contributed by atoms with Crippen LogP contribution in [0.2, 0.25) is 0 Å². The molecule has 0 unspecified atom stereocenters. The maximum atomic E-state index is 13.2. The molecule has 0 radical (unpaired) electrons. The molecule has 2 rings (SSSR count). The predicted octanol–water partition coefficient (Wildman–Crippen LogP) is 2.44. The molecule has 2 aromatic rings. The quantitative estimate of drug-likeness (QED) is 0.866. The first-order valence-corrected chi connectivity index (χ1v) is 4.98. The van der Waals surface area contributed by atoms with E-state index in [2.05, 4.69) is 20.9 Å². The molecule has 0 amide bonds. The zero-order chi connectivity index (χ0) is 11.0. The number of fused-ring (bicyclic) bond motifs is 1. The van der Waals surface area contributed by atoms with Crippen molar-refractivity contribution >= 4 is 26.8 Å². The van der Waals surface area contributed by atoms with Crippen LogP contribution in [0.3, 0.4) is 0 Å². The van der Waals surface area contributed by atoms with Gasteiger partial charge in [-0.3, -0.25) is 4.79 Å². The van der Waals surface area contributed by atoms with Crippen molar-refractivity contribution in [1.29, 1.82) is 0 Å². The number of aromatic nitrogens is 1. The van der Waals surface area contributed by atoms with Crippen LogP contribution in [0.1, 0.15) is 0 Å². The lowest BCUT2D eigenvalue weighted by atomic mass is 10.2. The molecule has 1 aromatic heterocycles. The molecule has 0 bridgehead atoms. The minimum atomic E-state index is -0.378. The Kier molecular flexibility index (Phi) is 2.48. The third kappa shape index (κ3) is 1.63. The molecule has 0 aliphatic rings. The molecule has 0 atom stereocenters. The second-order valence-corrected chi connectivity index (χ2v) is 3.78. The predicted molar refractivity (Wildman–Crippen MR) is 58.8 cm³/mol. The van der Waals surface area contributed by atoms with Gasteiger partial charge in [-0.15, -0.1) is 0 Å². The van der Waals surface area contributed by atoms with Gasteiger partial charge in [0, 0.05) is 10.9 Å². The maximum absolute atomic E-state index is 13.2. The van der Waals surface area contributed by atoms with Crippen molar-refractivity contribution in [3.8, 4) is 5.75 Å². The van der Waals surface area contributed by atoms with Crippen molar-refractivity contribution in [2.24, 2.45) is 0 Å². The number of aromatic amines is 1. The Balaban J connectivity index is 2.89. The van der Waals surface area contributed by atoms with Crippen LogP contribution in [0.5, 0.6) is 5.75 Å². The number of hydrogen-bond acceptors (Lipinski definition) is 2. The number of H-pyrrole nitrogens is 1. The maximum Gasteiger partial charge on any atom is 0.290 e. The first-order chi connectivity index (χ1) is 7.13. The van der Waals surface area contributed by atoms with E-state index in [1.54, 1.807) is 0 Å². The molecule has 5 heteroatoms. The van der Waals surface area contributed by atoms with Gasteiger partial charge in [-0.2, -0.15) is 0 Å². The summed E-state index contributed by atoms with van der Waals surface area (Å²) in [5.41, 5.74) is 0.234. The Morgan fingerprint density at radius 1 is 1.47 bits per heavy atom. The fourth-order valence-electron chi connectivity index (χ4n) is 1.35. The Morgan fingerprint density at radius 3 is 2.87 bits per heavy atom. The van der Waals surface area contributed by atoms with Crippen LogP contribution in [0.25, 0.3) is 10.9 Å². The lowest BCUT2D eigenvalue weighted by molar-refractivity contribution is 0.409. The SMILES string of the molecule is COc1cc2c(Br)c(F)ccc2[nH]c1=O. The summed E-state index contributed by atoms with van der Waals surface area (Å²) in [5, 5.41) is 0.575. The highest BCUT2D eigenvalue weighted by molar-refractivity contribution is 9.10. The normalized spacial score (nSPS) is 10.6. The van der Waals surface area contributed by atoms with Crippen molar-refractivity contribution in [1.82, 2.24) is 4.98 Å². The summed E-state index contributed by atoms with van der Waals surface area (Å²) in [7, 11) is 1.39. The molecule has 0 spiro atoms. The molecule has 78 valence electrons. The van der Waals surface area contributed by atoms with Crippen LogP contribution in [0.4, 0.5) is 4.39 Å². The molecule has 0 saturated carbocycles. The van der Waals surface area contributed by atoms with E-state index in [1.807, 2.05) is 0 Å². The van der Waals surface area contributed by atoms with Crippen LogP contribution >= 0.6 is 15.9 Å². The van der Waals surface area contributed by atoms with Crippen LogP contribution < -0.4 is 10.3 Å². The van der Waals surface area contributed by atoms with Crippen molar-refractivity contribution in [3.05, 3.63) is 38.8 Å². The Bertz CT molecular complexity index is 579. The van der Waals surface area contributed by atoms with Gasteiger partial charge in [-0.05, 0) is 34.1 Å². The number of hydrogen-bond donors (Lipinski definition) is 1. The Labute approximate surface area is 93.0 Å². The number of rotatable bonds is 1. The topological polar surface area (TPSA) is 42.1 Å². The Hall–Kier alpha value is -1.36. The molecule has 0 aliphatic carbocycles. The monoisotopic (exact) mass is 271 g/mol. The molecule has 0 fully saturated rings. The highest BCUT2D eigenvalue weighted by Gasteiger charge is 2.08. The number of halogens is 2. The summed E-state index contributed by atoms with van der Waals surface area (Å²) in [6.07, 6.45) is 0. The van der Waals surface area contributed by atoms with Crippen LogP contribution in [0, 0.1) is 5.82 Å². The number of nitrogens with one attached hydrogen (secondary N) is 1. The molecule has 3 nitrogen and oxygen atoms in total. The third-order valence-corrected chi connectivity index (χ3v) is 2.91. The van der Waals surface area contributed by atoms with Crippen LogP contribution in [0.15, 0.2) is 27.5 Å². The first-order valence-electron chi connectivity index (χ1n) is 4.18. The van der Waals surface area contributed by atoms with Crippen molar-refractivity contribution in [2.75, 3.05) is 7.11 Å². The van der Waals surface area contributed by atoms with E-state index < -0.39 is 0 Å². The van der Waals surface area contributed by atoms with E-state index >= 15 is 0 Å². The molecule has 0 saturated heterocycles. The average molecular weight is 272 g/mol. The second-order valence-electron chi connectivity index (χ2n) is 2.99. The van der Waals surface area contributed by atoms with E-state index in [1.165, 1.54) is 25.3 Å². The summed E-state index contributed by atoms with van der Waals surface area (Å²) >= 11 is 3.12. The molecule has 15 heavy (non-hydrogen) atoms. The van der Waals surface area contributed by atoms with Crippen molar-refractivity contribution in [3.63, 3.8) is 0 Å². The van der Waals surface area contributed by atoms with E-state index in [9.17, 15) is 9.18 Å². The van der Waals surface area contributed by atoms with Gasteiger partial charge in [0.15, 0.2) is 5.75 Å². The van der Waals surface area contributed by atoms with Gasteiger partial charge in [-0.25, -0.2) is 4.39 Å². The molecular formula is C10H7BrFNO2. The minimum absolute atomic E-state index is 0.161. The fourth-order valence-corrected chi connectivity index (χ4v) is 1.81. The number of benzene rings is 1. The van der Waals surface area contributed by atoms with Gasteiger partial charge in [-0.1, -0.05) is 0 Å². The minimum Gasteiger partial charge on any atom is -0.491 e. The summed E-state index contributed by atoms with van der Waals surface area (Å²) in [6, 6.07) is 4.30. The van der Waals surface area contributed by atoms with E-state index in [-0.39, 0.29) is 17.1 Å². The lowest BCUT2D eigenvalue weighted by Gasteiger charge is -2.04. The number of ether oxygens (including phenoxy) is 1. The number of pyridine rings is 1. The summed E-state index contributed by atoms with van der Waals surface area (Å²) in [6.45, 7) is 0. The lowest BCUT2D eigenvalue weighted by Crippen LogP contribution is -2.08. The zero-order valence-electron chi connectivity index (χ0n) is 7.80. The largest absolute Gasteiger partial charge is 0.491 e. The first kappa shape index (κ1) is 10.2. The third-order valence-electron chi connectivity index (χ3n) is 2.10. The van der Waals surface area contributed by atoms with Gasteiger partial charge in [0.25, 0.3) is 5.56 Å². The molecular weight excluding hydrogens is 265 g/mol. The molecule has 1 heterocycles. The summed E-state index contributed by atoms with van der Waals surface area (Å²) in [4.78, 5) is 14.0. The van der Waals surface area contributed by atoms with Gasteiger partial charge in [0.1, 0.15) is 5.82 Å². The summed E-state index contributed by atoms with van der Waals surface area (Å²) < 4.78 is 18.4. The van der Waals surface area contributed by atoms with E-state index in [0.717, 1.165) is 0 Å². The van der Waals surface area contributed by atoms with Crippen molar-refractivity contribution < 1.29 is 9.13 Å². The average Bonchev–Trinajstić information content (AvgIpc) is 2.23. The Morgan fingerprint density at radius 2 is 2.20 bits per heavy atom. The van der Waals surface area contributed by atoms with Gasteiger partial charge < -0.3 is 9.72 Å². The van der Waals surface area contributed by atoms with Gasteiger partial charge in [0.05, 0.1) is 11.6 Å². The molecule has 1 aromatic carbocycles. The van der Waals surface area contributed by atoms with E-state index in [0.29, 0.717) is 15.4 Å².